The van der Waals surface area contributed by atoms with Crippen LogP contribution in [-0.4, -0.2) is 16.9 Å². The highest BCUT2D eigenvalue weighted by molar-refractivity contribution is 6.17. The summed E-state index contributed by atoms with van der Waals surface area (Å²) in [6, 6.07) is 42.4. The maximum absolute atomic E-state index is 5.15. The van der Waals surface area contributed by atoms with Crippen LogP contribution >= 0.6 is 0 Å². The first-order chi connectivity index (χ1) is 22.5. The summed E-state index contributed by atoms with van der Waals surface area (Å²) < 4.78 is 3.09. The molecular weight excluding hydrogens is 558 g/mol. The average Bonchev–Trinajstić information content (AvgIpc) is 3.51. The molecule has 1 atom stereocenters. The Bertz CT molecular complexity index is 2220. The Hall–Kier alpha value is -4.99. The number of fused-ring (bicyclic) bond motifs is 7. The number of nitrogens with zero attached hydrogens (tertiary/aromatic N) is 3. The Morgan fingerprint density at radius 2 is 1.41 bits per heavy atom. The number of rotatable bonds is 5. The standard InChI is InChI=1S/C43H38N3/c1-4-43(5-2)25-24-30-12-6-7-13-35(30)38-26-33(22-23-34(38)29(43)3)46-27-39(44-42(46)28-46)31-18-20-32(21-19-31)45-40-16-10-8-14-36(40)37-15-9-11-17-41(37)45/h6-23,26-27H,3-5,24-25,28H2,1-2H3/q+1. The molecule has 0 bridgehead atoms. The summed E-state index contributed by atoms with van der Waals surface area (Å²) in [5.41, 5.74) is 14.0. The van der Waals surface area contributed by atoms with Gasteiger partial charge in [0.05, 0.1) is 11.0 Å². The highest BCUT2D eigenvalue weighted by atomic mass is 15.5. The number of hydrogen-bond donors (Lipinski definition) is 0. The lowest BCUT2D eigenvalue weighted by atomic mass is 9.67. The lowest BCUT2D eigenvalue weighted by Gasteiger charge is -2.37. The number of hydrogen-bond acceptors (Lipinski definition) is 1. The van der Waals surface area contributed by atoms with Crippen molar-refractivity contribution in [3.63, 3.8) is 0 Å². The lowest BCUT2D eigenvalue weighted by molar-refractivity contribution is 0.341. The topological polar surface area (TPSA) is 17.3 Å². The summed E-state index contributed by atoms with van der Waals surface area (Å²) in [7, 11) is 0. The second-order valence-corrected chi connectivity index (χ2v) is 13.3. The summed E-state index contributed by atoms with van der Waals surface area (Å²) >= 11 is 0. The molecule has 3 heterocycles. The van der Waals surface area contributed by atoms with Crippen LogP contribution in [-0.2, 0) is 6.42 Å². The normalized spacial score (nSPS) is 19.6. The molecule has 9 rings (SSSR count). The van der Waals surface area contributed by atoms with E-state index in [0.29, 0.717) is 0 Å². The average molecular weight is 597 g/mol. The number of para-hydroxylation sites is 2. The number of aryl methyl sites for hydroxylation is 1. The van der Waals surface area contributed by atoms with Gasteiger partial charge in [0, 0.05) is 34.2 Å². The first kappa shape index (κ1) is 27.3. The van der Waals surface area contributed by atoms with Crippen LogP contribution in [0.3, 0.4) is 0 Å². The zero-order chi connectivity index (χ0) is 31.0. The van der Waals surface area contributed by atoms with Crippen molar-refractivity contribution < 1.29 is 0 Å². The summed E-state index contributed by atoms with van der Waals surface area (Å²) in [6.07, 6.45) is 6.82. The minimum absolute atomic E-state index is 0.134. The fraction of sp³-hybridized carbons (Fsp3) is 0.186. The smallest absolute Gasteiger partial charge is 0.271 e. The second-order valence-electron chi connectivity index (χ2n) is 13.3. The molecule has 0 spiro atoms. The highest BCUT2D eigenvalue weighted by Gasteiger charge is 2.58. The number of amidine groups is 1. The summed E-state index contributed by atoms with van der Waals surface area (Å²) in [6.45, 7) is 10.4. The maximum atomic E-state index is 5.15. The molecular formula is C43H38N3+. The van der Waals surface area contributed by atoms with E-state index in [1.54, 1.807) is 0 Å². The zero-order valence-electron chi connectivity index (χ0n) is 26.6. The van der Waals surface area contributed by atoms with Gasteiger partial charge in [-0.25, -0.2) is 4.48 Å². The molecule has 3 heteroatoms. The molecule has 5 aromatic carbocycles. The van der Waals surface area contributed by atoms with E-state index in [9.17, 15) is 0 Å². The van der Waals surface area contributed by atoms with Crippen LogP contribution < -0.4 is 4.48 Å². The molecule has 2 aliphatic heterocycles. The van der Waals surface area contributed by atoms with Crippen molar-refractivity contribution in [2.75, 3.05) is 6.54 Å². The van der Waals surface area contributed by atoms with Gasteiger partial charge in [-0.3, -0.25) is 0 Å². The van der Waals surface area contributed by atoms with Gasteiger partial charge in [0.1, 0.15) is 17.6 Å². The fourth-order valence-electron chi connectivity index (χ4n) is 8.35. The van der Waals surface area contributed by atoms with E-state index in [4.69, 9.17) is 11.6 Å². The number of benzene rings is 5. The Labute approximate surface area is 271 Å². The van der Waals surface area contributed by atoms with E-state index >= 15 is 0 Å². The van der Waals surface area contributed by atoms with Gasteiger partial charge in [-0.1, -0.05) is 93.2 Å². The van der Waals surface area contributed by atoms with Crippen molar-refractivity contribution in [1.29, 1.82) is 0 Å². The minimum Gasteiger partial charge on any atom is -0.309 e. The largest absolute Gasteiger partial charge is 0.309 e. The van der Waals surface area contributed by atoms with Crippen LogP contribution in [0.2, 0.25) is 0 Å². The monoisotopic (exact) mass is 596 g/mol. The van der Waals surface area contributed by atoms with Crippen molar-refractivity contribution in [2.45, 2.75) is 39.5 Å². The van der Waals surface area contributed by atoms with Crippen LogP contribution in [0.4, 0.5) is 5.69 Å². The van der Waals surface area contributed by atoms with E-state index in [0.717, 1.165) is 53.7 Å². The molecule has 1 fully saturated rings. The van der Waals surface area contributed by atoms with Gasteiger partial charge in [0.15, 0.2) is 6.54 Å². The Morgan fingerprint density at radius 3 is 2.13 bits per heavy atom. The Kier molecular flexibility index (Phi) is 5.94. The number of aliphatic imine (C=N–C) groups is 1. The fourth-order valence-corrected chi connectivity index (χ4v) is 8.35. The van der Waals surface area contributed by atoms with Crippen molar-refractivity contribution in [1.82, 2.24) is 9.05 Å². The van der Waals surface area contributed by atoms with Crippen LogP contribution in [0.15, 0.2) is 133 Å². The molecule has 0 radical (unpaired) electrons. The molecule has 0 saturated carbocycles. The first-order valence-corrected chi connectivity index (χ1v) is 16.8. The van der Waals surface area contributed by atoms with E-state index in [2.05, 4.69) is 140 Å². The number of quaternary nitrogens is 1. The minimum atomic E-state index is 0.134. The molecule has 46 heavy (non-hydrogen) atoms. The van der Waals surface area contributed by atoms with E-state index in [-0.39, 0.29) is 5.41 Å². The maximum Gasteiger partial charge on any atom is 0.271 e. The van der Waals surface area contributed by atoms with E-state index in [1.165, 1.54) is 61.2 Å². The quantitative estimate of drug-likeness (QED) is 0.139. The molecule has 3 aliphatic rings. The van der Waals surface area contributed by atoms with Gasteiger partial charge in [-0.05, 0) is 89.3 Å². The van der Waals surface area contributed by atoms with Gasteiger partial charge in [-0.15, -0.1) is 0 Å². The number of aromatic nitrogens is 1. The first-order valence-electron chi connectivity index (χ1n) is 16.8. The van der Waals surface area contributed by atoms with Gasteiger partial charge in [-0.2, -0.15) is 4.99 Å². The third-order valence-electron chi connectivity index (χ3n) is 11.3. The molecule has 224 valence electrons. The van der Waals surface area contributed by atoms with Crippen molar-refractivity contribution in [2.24, 2.45) is 10.4 Å². The summed E-state index contributed by atoms with van der Waals surface area (Å²) in [5.74, 6) is 1.22. The molecule has 6 aromatic rings. The van der Waals surface area contributed by atoms with Crippen LogP contribution in [0.25, 0.3) is 49.9 Å². The van der Waals surface area contributed by atoms with E-state index < -0.39 is 0 Å². The van der Waals surface area contributed by atoms with Gasteiger partial charge in [0.2, 0.25) is 0 Å². The molecule has 1 saturated heterocycles. The Balaban J connectivity index is 1.10. The SMILES string of the molecule is C=C1c2ccc([N+]34C=C(c5ccc(-n6c7ccccc7c7ccccc76)cc5)N=C3C4)cc2-c2ccccc2CCC1(CC)CC. The highest BCUT2D eigenvalue weighted by Crippen LogP contribution is 2.51. The predicted octanol–water partition coefficient (Wildman–Crippen LogP) is 10.9. The third kappa shape index (κ3) is 3.85. The van der Waals surface area contributed by atoms with Crippen molar-refractivity contribution in [3.8, 4) is 16.8 Å². The lowest BCUT2D eigenvalue weighted by Crippen LogP contribution is -2.24. The van der Waals surface area contributed by atoms with Gasteiger partial charge in [0.25, 0.3) is 5.84 Å². The van der Waals surface area contributed by atoms with Crippen LogP contribution in [0.5, 0.6) is 0 Å². The molecule has 3 nitrogen and oxygen atoms in total. The Morgan fingerprint density at radius 1 is 0.739 bits per heavy atom. The predicted molar refractivity (Wildman–Crippen MR) is 195 cm³/mol. The van der Waals surface area contributed by atoms with E-state index in [1.807, 2.05) is 0 Å². The molecule has 0 N–H and O–H groups in total. The zero-order valence-corrected chi connectivity index (χ0v) is 26.6. The van der Waals surface area contributed by atoms with Gasteiger partial charge < -0.3 is 4.57 Å². The molecule has 1 unspecified atom stereocenters. The molecule has 1 aliphatic carbocycles. The molecule has 0 amide bonds. The molecule has 1 aromatic heterocycles. The number of allylic oxidation sites excluding steroid dienone is 1. The van der Waals surface area contributed by atoms with Crippen LogP contribution in [0, 0.1) is 5.41 Å². The summed E-state index contributed by atoms with van der Waals surface area (Å²) in [4.78, 5) is 5.15. The summed E-state index contributed by atoms with van der Waals surface area (Å²) in [5, 5.41) is 2.56. The second kappa shape index (κ2) is 10.0. The van der Waals surface area contributed by atoms with Crippen molar-refractivity contribution in [3.05, 3.63) is 145 Å². The van der Waals surface area contributed by atoms with Crippen molar-refractivity contribution >= 4 is 44.6 Å². The van der Waals surface area contributed by atoms with Gasteiger partial charge >= 0.3 is 0 Å². The third-order valence-corrected chi connectivity index (χ3v) is 11.3. The van der Waals surface area contributed by atoms with Crippen LogP contribution in [0.1, 0.15) is 49.8 Å².